The molecule has 4 rings (SSSR count). The molecule has 1 N–H and O–H groups in total. The summed E-state index contributed by atoms with van der Waals surface area (Å²) >= 11 is 0. The van der Waals surface area contributed by atoms with Gasteiger partial charge in [0.2, 0.25) is 5.91 Å². The lowest BCUT2D eigenvalue weighted by molar-refractivity contribution is -0.132. The average Bonchev–Trinajstić information content (AvgIpc) is 3.38. The third-order valence-corrected chi connectivity index (χ3v) is 5.11. The van der Waals surface area contributed by atoms with Gasteiger partial charge in [-0.15, -0.1) is 0 Å². The van der Waals surface area contributed by atoms with Crippen LogP contribution in [0.4, 0.5) is 0 Å². The van der Waals surface area contributed by atoms with E-state index in [1.54, 1.807) is 12.1 Å². The third kappa shape index (κ3) is 3.93. The van der Waals surface area contributed by atoms with Crippen molar-refractivity contribution in [3.8, 4) is 0 Å². The minimum absolute atomic E-state index is 0.128. The first-order valence-corrected chi connectivity index (χ1v) is 9.76. The molecule has 0 radical (unpaired) electrons. The number of aromatic nitrogens is 2. The van der Waals surface area contributed by atoms with Crippen LogP contribution in [0.3, 0.4) is 0 Å². The molecule has 7 nitrogen and oxygen atoms in total. The Bertz CT molecular complexity index is 955. The van der Waals surface area contributed by atoms with E-state index in [1.807, 2.05) is 33.7 Å². The molecule has 146 valence electrons. The fourth-order valence-corrected chi connectivity index (χ4v) is 3.65. The number of imidazole rings is 1. The monoisotopic (exact) mass is 380 g/mol. The predicted octanol–water partition coefficient (Wildman–Crippen LogP) is 2.61. The molecular formula is C21H24N4O3. The minimum Gasteiger partial charge on any atom is -0.459 e. The first kappa shape index (κ1) is 18.3. The molecule has 0 unspecified atom stereocenters. The number of nitrogens with zero attached hydrogens (tertiary/aromatic N) is 3. The Balaban J connectivity index is 1.48. The normalized spacial score (nSPS) is 14.4. The Morgan fingerprint density at radius 3 is 2.68 bits per heavy atom. The van der Waals surface area contributed by atoms with Gasteiger partial charge in [-0.25, -0.2) is 4.98 Å². The van der Waals surface area contributed by atoms with Crippen LogP contribution in [0.25, 0.3) is 11.0 Å². The van der Waals surface area contributed by atoms with E-state index in [0.717, 1.165) is 42.8 Å². The van der Waals surface area contributed by atoms with Crippen molar-refractivity contribution in [2.24, 2.45) is 0 Å². The summed E-state index contributed by atoms with van der Waals surface area (Å²) in [5.41, 5.74) is 1.81. The van der Waals surface area contributed by atoms with Crippen molar-refractivity contribution in [1.29, 1.82) is 0 Å². The number of piperidine rings is 1. The van der Waals surface area contributed by atoms with Crippen molar-refractivity contribution >= 4 is 22.8 Å². The van der Waals surface area contributed by atoms with Crippen molar-refractivity contribution in [3.05, 3.63) is 54.2 Å². The highest BCUT2D eigenvalue weighted by Gasteiger charge is 2.20. The molecule has 0 saturated carbocycles. The number of likely N-dealkylation sites (tertiary alicyclic amines) is 1. The van der Waals surface area contributed by atoms with Gasteiger partial charge in [-0.1, -0.05) is 12.1 Å². The SMILES string of the molecule is O=C(NCCc1nc2ccccc2n1CC(=O)N1CCCCC1)c1ccco1. The number of benzene rings is 1. The second-order valence-electron chi connectivity index (χ2n) is 7.03. The van der Waals surface area contributed by atoms with Crippen LogP contribution in [-0.4, -0.2) is 45.9 Å². The Morgan fingerprint density at radius 1 is 1.07 bits per heavy atom. The second-order valence-corrected chi connectivity index (χ2v) is 7.03. The average molecular weight is 380 g/mol. The van der Waals surface area contributed by atoms with E-state index in [4.69, 9.17) is 4.42 Å². The van der Waals surface area contributed by atoms with E-state index < -0.39 is 0 Å². The first-order chi connectivity index (χ1) is 13.7. The van der Waals surface area contributed by atoms with Crippen molar-refractivity contribution in [1.82, 2.24) is 19.8 Å². The summed E-state index contributed by atoms with van der Waals surface area (Å²) in [5, 5.41) is 2.84. The van der Waals surface area contributed by atoms with Gasteiger partial charge >= 0.3 is 0 Å². The topological polar surface area (TPSA) is 80.4 Å². The van der Waals surface area contributed by atoms with Gasteiger partial charge in [0.1, 0.15) is 12.4 Å². The van der Waals surface area contributed by atoms with Crippen molar-refractivity contribution in [2.45, 2.75) is 32.2 Å². The zero-order valence-electron chi connectivity index (χ0n) is 15.8. The number of fused-ring (bicyclic) bond motifs is 1. The molecule has 0 aliphatic carbocycles. The quantitative estimate of drug-likeness (QED) is 0.713. The van der Waals surface area contributed by atoms with Crippen molar-refractivity contribution in [2.75, 3.05) is 19.6 Å². The molecule has 1 fully saturated rings. The molecular weight excluding hydrogens is 356 g/mol. The summed E-state index contributed by atoms with van der Waals surface area (Å²) in [5.74, 6) is 0.959. The summed E-state index contributed by atoms with van der Waals surface area (Å²) in [6.45, 7) is 2.36. The number of para-hydroxylation sites is 2. The van der Waals surface area contributed by atoms with E-state index >= 15 is 0 Å². The predicted molar refractivity (Wildman–Crippen MR) is 105 cm³/mol. The Kier molecular flexibility index (Phi) is 5.41. The summed E-state index contributed by atoms with van der Waals surface area (Å²) in [7, 11) is 0. The smallest absolute Gasteiger partial charge is 0.286 e. The number of carbonyl (C=O) groups excluding carboxylic acids is 2. The zero-order valence-corrected chi connectivity index (χ0v) is 15.8. The fraction of sp³-hybridized carbons (Fsp3) is 0.381. The van der Waals surface area contributed by atoms with E-state index in [9.17, 15) is 9.59 Å². The molecule has 2 amide bonds. The molecule has 2 aromatic heterocycles. The summed E-state index contributed by atoms with van der Waals surface area (Å²) < 4.78 is 7.08. The number of hydrogen-bond acceptors (Lipinski definition) is 4. The fourth-order valence-electron chi connectivity index (χ4n) is 3.65. The maximum Gasteiger partial charge on any atom is 0.286 e. The highest BCUT2D eigenvalue weighted by molar-refractivity contribution is 5.91. The van der Waals surface area contributed by atoms with Crippen LogP contribution < -0.4 is 5.32 Å². The zero-order chi connectivity index (χ0) is 19.3. The lowest BCUT2D eigenvalue weighted by Gasteiger charge is -2.27. The van der Waals surface area contributed by atoms with Gasteiger partial charge in [-0.3, -0.25) is 9.59 Å². The number of carbonyl (C=O) groups is 2. The first-order valence-electron chi connectivity index (χ1n) is 9.76. The minimum atomic E-state index is -0.253. The Morgan fingerprint density at radius 2 is 1.89 bits per heavy atom. The van der Waals surface area contributed by atoms with Gasteiger partial charge in [0, 0.05) is 26.1 Å². The van der Waals surface area contributed by atoms with E-state index in [1.165, 1.54) is 12.7 Å². The third-order valence-electron chi connectivity index (χ3n) is 5.11. The van der Waals surface area contributed by atoms with Gasteiger partial charge in [-0.05, 0) is 43.5 Å². The van der Waals surface area contributed by atoms with Crippen LogP contribution in [0.2, 0.25) is 0 Å². The molecule has 1 aromatic carbocycles. The van der Waals surface area contributed by atoms with Gasteiger partial charge < -0.3 is 19.2 Å². The number of nitrogens with one attached hydrogen (secondary N) is 1. The van der Waals surface area contributed by atoms with Crippen LogP contribution in [0, 0.1) is 0 Å². The maximum absolute atomic E-state index is 12.8. The molecule has 0 bridgehead atoms. The molecule has 7 heteroatoms. The van der Waals surface area contributed by atoms with Gasteiger partial charge in [-0.2, -0.15) is 0 Å². The van der Waals surface area contributed by atoms with Gasteiger partial charge in [0.05, 0.1) is 17.3 Å². The molecule has 0 atom stereocenters. The van der Waals surface area contributed by atoms with Crippen molar-refractivity contribution < 1.29 is 14.0 Å². The number of hydrogen-bond donors (Lipinski definition) is 1. The van der Waals surface area contributed by atoms with Crippen LogP contribution in [-0.2, 0) is 17.8 Å². The maximum atomic E-state index is 12.8. The molecule has 1 saturated heterocycles. The van der Waals surface area contributed by atoms with Crippen LogP contribution in [0.15, 0.2) is 47.1 Å². The lowest BCUT2D eigenvalue weighted by atomic mass is 10.1. The largest absolute Gasteiger partial charge is 0.459 e. The molecule has 1 aliphatic heterocycles. The number of amides is 2. The highest BCUT2D eigenvalue weighted by Crippen LogP contribution is 2.18. The van der Waals surface area contributed by atoms with Crippen LogP contribution >= 0.6 is 0 Å². The number of furan rings is 1. The lowest BCUT2D eigenvalue weighted by Crippen LogP contribution is -2.38. The Labute approximate surface area is 163 Å². The van der Waals surface area contributed by atoms with Crippen LogP contribution in [0.1, 0.15) is 35.6 Å². The number of rotatable bonds is 6. The van der Waals surface area contributed by atoms with Crippen molar-refractivity contribution in [3.63, 3.8) is 0 Å². The second kappa shape index (κ2) is 8.29. The molecule has 0 spiro atoms. The van der Waals surface area contributed by atoms with Crippen LogP contribution in [0.5, 0.6) is 0 Å². The highest BCUT2D eigenvalue weighted by atomic mass is 16.3. The standard InChI is InChI=1S/C21H24N4O3/c26-20(24-12-4-1-5-13-24)15-25-17-8-3-2-7-16(17)23-19(25)10-11-22-21(27)18-9-6-14-28-18/h2-3,6-9,14H,1,4-5,10-13,15H2,(H,22,27). The van der Waals surface area contributed by atoms with Gasteiger partial charge in [0.25, 0.3) is 5.91 Å². The summed E-state index contributed by atoms with van der Waals surface area (Å²) in [4.78, 5) is 31.5. The molecule has 28 heavy (non-hydrogen) atoms. The van der Waals surface area contributed by atoms with E-state index in [0.29, 0.717) is 13.0 Å². The van der Waals surface area contributed by atoms with Gasteiger partial charge in [0.15, 0.2) is 5.76 Å². The summed E-state index contributed by atoms with van der Waals surface area (Å²) in [6.07, 6.45) is 5.34. The summed E-state index contributed by atoms with van der Waals surface area (Å²) in [6, 6.07) is 11.1. The Hall–Kier alpha value is -3.09. The van der Waals surface area contributed by atoms with E-state index in [-0.39, 0.29) is 24.1 Å². The molecule has 3 heterocycles. The van der Waals surface area contributed by atoms with E-state index in [2.05, 4.69) is 10.3 Å². The molecule has 1 aliphatic rings. The molecule has 3 aromatic rings.